The largest absolute Gasteiger partial charge is 0.444 e. The molecule has 4 nitrogen and oxygen atoms in total. The highest BCUT2D eigenvalue weighted by Crippen LogP contribution is 2.38. The van der Waals surface area contributed by atoms with E-state index < -0.39 is 35.2 Å². The predicted octanol–water partition coefficient (Wildman–Crippen LogP) is 5.97. The van der Waals surface area contributed by atoms with Crippen molar-refractivity contribution in [2.75, 3.05) is 5.32 Å². The third kappa shape index (κ3) is 7.32. The van der Waals surface area contributed by atoms with E-state index in [0.717, 1.165) is 0 Å². The van der Waals surface area contributed by atoms with E-state index in [1.54, 1.807) is 20.8 Å². The zero-order chi connectivity index (χ0) is 22.0. The Kier molecular flexibility index (Phi) is 6.64. The number of hydrogen-bond acceptors (Lipinski definition) is 3. The molecule has 1 aromatic rings. The predicted molar refractivity (Wildman–Crippen MR) is 95.5 cm³/mol. The van der Waals surface area contributed by atoms with Gasteiger partial charge in [-0.1, -0.05) is 0 Å². The van der Waals surface area contributed by atoms with Gasteiger partial charge in [0.2, 0.25) is 0 Å². The van der Waals surface area contributed by atoms with Crippen LogP contribution in [0.25, 0.3) is 0 Å². The van der Waals surface area contributed by atoms with Gasteiger partial charge in [-0.2, -0.15) is 26.3 Å². The molecule has 0 heterocycles. The van der Waals surface area contributed by atoms with Crippen molar-refractivity contribution in [2.24, 2.45) is 0 Å². The Labute approximate surface area is 165 Å². The number of ether oxygens (including phenoxy) is 1. The van der Waals surface area contributed by atoms with Crippen LogP contribution in [0.5, 0.6) is 0 Å². The van der Waals surface area contributed by atoms with Gasteiger partial charge in [0, 0.05) is 17.8 Å². The highest BCUT2D eigenvalue weighted by atomic mass is 19.4. The van der Waals surface area contributed by atoms with E-state index in [1.165, 1.54) is 0 Å². The van der Waals surface area contributed by atoms with Crippen LogP contribution in [0.4, 0.5) is 36.8 Å². The molecule has 1 fully saturated rings. The lowest BCUT2D eigenvalue weighted by Crippen LogP contribution is -2.42. The number of amides is 1. The average molecular weight is 426 g/mol. The fraction of sp³-hybridized carbons (Fsp3) is 0.632. The third-order valence-corrected chi connectivity index (χ3v) is 4.41. The highest BCUT2D eigenvalue weighted by Gasteiger charge is 2.37. The highest BCUT2D eigenvalue weighted by molar-refractivity contribution is 5.68. The Balaban J connectivity index is 2.00. The van der Waals surface area contributed by atoms with Crippen molar-refractivity contribution in [2.45, 2.75) is 76.5 Å². The molecule has 2 rings (SSSR count). The maximum atomic E-state index is 13.0. The second-order valence-electron chi connectivity index (χ2n) is 8.13. The van der Waals surface area contributed by atoms with E-state index >= 15 is 0 Å². The lowest BCUT2D eigenvalue weighted by molar-refractivity contribution is -0.143. The number of carbonyl (C=O) groups excluding carboxylic acids is 1. The van der Waals surface area contributed by atoms with Gasteiger partial charge < -0.3 is 15.4 Å². The summed E-state index contributed by atoms with van der Waals surface area (Å²) in [7, 11) is 0. The Morgan fingerprint density at radius 2 is 1.31 bits per heavy atom. The van der Waals surface area contributed by atoms with Crippen LogP contribution in [0, 0.1) is 0 Å². The molecule has 1 amide bonds. The molecule has 0 radical (unpaired) electrons. The molecule has 0 bridgehead atoms. The van der Waals surface area contributed by atoms with Gasteiger partial charge in [-0.15, -0.1) is 0 Å². The summed E-state index contributed by atoms with van der Waals surface area (Å²) < 4.78 is 82.9. The molecule has 2 N–H and O–H groups in total. The van der Waals surface area contributed by atoms with Crippen molar-refractivity contribution in [3.63, 3.8) is 0 Å². The zero-order valence-electron chi connectivity index (χ0n) is 16.3. The molecule has 0 aliphatic heterocycles. The topological polar surface area (TPSA) is 50.4 Å². The Morgan fingerprint density at radius 3 is 1.72 bits per heavy atom. The molecule has 0 atom stereocenters. The Morgan fingerprint density at radius 1 is 0.862 bits per heavy atom. The van der Waals surface area contributed by atoms with Crippen molar-refractivity contribution in [1.29, 1.82) is 0 Å². The molecular weight excluding hydrogens is 402 g/mol. The molecule has 164 valence electrons. The zero-order valence-corrected chi connectivity index (χ0v) is 16.3. The summed E-state index contributed by atoms with van der Waals surface area (Å²) in [6.07, 6.45) is -8.29. The van der Waals surface area contributed by atoms with E-state index in [4.69, 9.17) is 4.74 Å². The SMILES string of the molecule is CC(C)(C)OC(=O)NC1CCC(Nc2cc(C(F)(F)F)cc(C(F)(F)F)c2)CC1. The molecule has 10 heteroatoms. The molecule has 1 aliphatic carbocycles. The summed E-state index contributed by atoms with van der Waals surface area (Å²) in [6.45, 7) is 5.20. The second-order valence-corrected chi connectivity index (χ2v) is 8.13. The number of carbonyl (C=O) groups is 1. The molecule has 0 aromatic heterocycles. The van der Waals surface area contributed by atoms with Crippen LogP contribution in [0.2, 0.25) is 0 Å². The van der Waals surface area contributed by atoms with E-state index in [2.05, 4.69) is 10.6 Å². The van der Waals surface area contributed by atoms with Crippen LogP contribution >= 0.6 is 0 Å². The van der Waals surface area contributed by atoms with Gasteiger partial charge >= 0.3 is 18.4 Å². The van der Waals surface area contributed by atoms with Gasteiger partial charge in [-0.05, 0) is 64.7 Å². The molecular formula is C19H24F6N2O2. The molecule has 1 aromatic carbocycles. The molecule has 0 unspecified atom stereocenters. The van der Waals surface area contributed by atoms with Crippen molar-refractivity contribution in [3.05, 3.63) is 29.3 Å². The summed E-state index contributed by atoms with van der Waals surface area (Å²) in [5.41, 5.74) is -3.57. The first-order chi connectivity index (χ1) is 13.1. The first-order valence-electron chi connectivity index (χ1n) is 9.19. The van der Waals surface area contributed by atoms with Crippen LogP contribution < -0.4 is 10.6 Å². The number of hydrogen-bond donors (Lipinski definition) is 2. The van der Waals surface area contributed by atoms with E-state index in [9.17, 15) is 31.1 Å². The lowest BCUT2D eigenvalue weighted by Gasteiger charge is -2.31. The number of halogens is 6. The third-order valence-electron chi connectivity index (χ3n) is 4.41. The quantitative estimate of drug-likeness (QED) is 0.586. The van der Waals surface area contributed by atoms with Gasteiger partial charge in [-0.3, -0.25) is 0 Å². The van der Waals surface area contributed by atoms with Crippen LogP contribution in [0.1, 0.15) is 57.6 Å². The average Bonchev–Trinajstić information content (AvgIpc) is 2.53. The van der Waals surface area contributed by atoms with Gasteiger partial charge in [0.25, 0.3) is 0 Å². The molecule has 0 spiro atoms. The first-order valence-corrected chi connectivity index (χ1v) is 9.19. The smallest absolute Gasteiger partial charge is 0.416 e. The number of rotatable bonds is 3. The molecule has 29 heavy (non-hydrogen) atoms. The number of benzene rings is 1. The van der Waals surface area contributed by atoms with Crippen LogP contribution in [-0.4, -0.2) is 23.8 Å². The number of alkyl halides is 6. The lowest BCUT2D eigenvalue weighted by atomic mass is 9.91. The van der Waals surface area contributed by atoms with E-state index in [0.29, 0.717) is 37.8 Å². The Hall–Kier alpha value is -2.13. The molecule has 1 saturated carbocycles. The minimum absolute atomic E-state index is 0.104. The molecule has 0 saturated heterocycles. The van der Waals surface area contributed by atoms with Crippen molar-refractivity contribution in [3.8, 4) is 0 Å². The van der Waals surface area contributed by atoms with Gasteiger partial charge in [0.05, 0.1) is 11.1 Å². The normalized spacial score (nSPS) is 20.9. The number of anilines is 1. The van der Waals surface area contributed by atoms with Gasteiger partial charge in [0.15, 0.2) is 0 Å². The maximum Gasteiger partial charge on any atom is 0.416 e. The summed E-state index contributed by atoms with van der Waals surface area (Å²) in [6, 6.07) is 1.01. The maximum absolute atomic E-state index is 13.0. The van der Waals surface area contributed by atoms with Gasteiger partial charge in [0.1, 0.15) is 5.60 Å². The van der Waals surface area contributed by atoms with Crippen molar-refractivity contribution in [1.82, 2.24) is 5.32 Å². The summed E-state index contributed by atoms with van der Waals surface area (Å²) in [5, 5.41) is 5.51. The first kappa shape index (κ1) is 23.2. The second kappa shape index (κ2) is 8.31. The monoisotopic (exact) mass is 426 g/mol. The Bertz CT molecular complexity index is 685. The van der Waals surface area contributed by atoms with Gasteiger partial charge in [-0.25, -0.2) is 4.79 Å². The summed E-state index contributed by atoms with van der Waals surface area (Å²) in [5.74, 6) is 0. The minimum Gasteiger partial charge on any atom is -0.444 e. The van der Waals surface area contributed by atoms with Crippen LogP contribution in [0.3, 0.4) is 0 Å². The van der Waals surface area contributed by atoms with Crippen LogP contribution in [-0.2, 0) is 17.1 Å². The van der Waals surface area contributed by atoms with Crippen LogP contribution in [0.15, 0.2) is 18.2 Å². The fourth-order valence-electron chi connectivity index (χ4n) is 3.13. The van der Waals surface area contributed by atoms with E-state index in [1.807, 2.05) is 0 Å². The fourth-order valence-corrected chi connectivity index (χ4v) is 3.13. The van der Waals surface area contributed by atoms with Crippen molar-refractivity contribution >= 4 is 11.8 Å². The van der Waals surface area contributed by atoms with Crippen molar-refractivity contribution < 1.29 is 35.9 Å². The molecule has 1 aliphatic rings. The number of alkyl carbamates (subject to hydrolysis) is 1. The summed E-state index contributed by atoms with van der Waals surface area (Å²) in [4.78, 5) is 11.8. The van der Waals surface area contributed by atoms with E-state index in [-0.39, 0.29) is 23.8 Å². The standard InChI is InChI=1S/C19H24F6N2O2/c1-17(2,3)29-16(28)27-14-6-4-13(5-7-14)26-15-9-11(18(20,21)22)8-12(10-15)19(23,24)25/h8-10,13-14,26H,4-7H2,1-3H3,(H,27,28). The number of nitrogens with one attached hydrogen (secondary N) is 2. The summed E-state index contributed by atoms with van der Waals surface area (Å²) >= 11 is 0. The minimum atomic E-state index is -4.88.